The van der Waals surface area contributed by atoms with E-state index in [9.17, 15) is 9.59 Å². The Hall–Kier alpha value is -1.12. The van der Waals surface area contributed by atoms with Crippen LogP contribution in [0.3, 0.4) is 0 Å². The minimum atomic E-state index is -0.959. The van der Waals surface area contributed by atoms with E-state index in [1.807, 2.05) is 13.8 Å². The number of carbonyl (C=O) groups is 2. The first-order valence-electron chi connectivity index (χ1n) is 11.3. The van der Waals surface area contributed by atoms with Gasteiger partial charge in [0.2, 0.25) is 0 Å². The number of allylic oxidation sites excluding steroid dienone is 2. The molecule has 0 amide bonds. The fourth-order valence-corrected chi connectivity index (χ4v) is 7.21. The van der Waals surface area contributed by atoms with E-state index in [4.69, 9.17) is 4.74 Å². The van der Waals surface area contributed by atoms with Gasteiger partial charge in [0.25, 0.3) is 0 Å². The number of hydrogen-bond acceptors (Lipinski definition) is 3. The van der Waals surface area contributed by atoms with Gasteiger partial charge in [0.05, 0.1) is 10.8 Å². The van der Waals surface area contributed by atoms with Gasteiger partial charge in [0, 0.05) is 11.5 Å². The fourth-order valence-electron chi connectivity index (χ4n) is 7.21. The Kier molecular flexibility index (Phi) is 4.13. The predicted molar refractivity (Wildman–Crippen MR) is 111 cm³/mol. The molecule has 3 fully saturated rings. The topological polar surface area (TPSA) is 43.4 Å². The van der Waals surface area contributed by atoms with Crippen LogP contribution in [-0.2, 0) is 14.3 Å². The van der Waals surface area contributed by atoms with E-state index >= 15 is 0 Å². The Labute approximate surface area is 170 Å². The summed E-state index contributed by atoms with van der Waals surface area (Å²) in [5.41, 5.74) is -0.757. The van der Waals surface area contributed by atoms with Crippen molar-refractivity contribution >= 4 is 11.6 Å². The zero-order chi connectivity index (χ0) is 20.9. The molecule has 5 aliphatic rings. The molecule has 3 nitrogen and oxygen atoms in total. The predicted octanol–water partition coefficient (Wildman–Crippen LogP) is 5.72. The lowest BCUT2D eigenvalue weighted by Crippen LogP contribution is -2.65. The van der Waals surface area contributed by atoms with Gasteiger partial charge in [-0.15, -0.1) is 0 Å². The van der Waals surface area contributed by atoms with Crippen LogP contribution in [0.1, 0.15) is 87.5 Å². The lowest BCUT2D eigenvalue weighted by atomic mass is 9.42. The summed E-state index contributed by atoms with van der Waals surface area (Å²) in [7, 11) is 0. The van der Waals surface area contributed by atoms with Crippen LogP contribution >= 0.6 is 0 Å². The second-order valence-corrected chi connectivity index (χ2v) is 12.2. The zero-order valence-electron chi connectivity index (χ0n) is 19.1. The number of rotatable bonds is 2. The van der Waals surface area contributed by atoms with Crippen molar-refractivity contribution in [3.63, 3.8) is 0 Å². The molecule has 156 valence electrons. The van der Waals surface area contributed by atoms with Crippen LogP contribution < -0.4 is 0 Å². The molecule has 1 heterocycles. The number of carbonyl (C=O) groups excluding carboxylic acids is 2. The minimum absolute atomic E-state index is 0.00523. The second kappa shape index (κ2) is 5.73. The number of hydrogen-bond donors (Lipinski definition) is 0. The fraction of sp³-hybridized carbons (Fsp3) is 0.840. The average Bonchev–Trinajstić information content (AvgIpc) is 2.58. The summed E-state index contributed by atoms with van der Waals surface area (Å²) in [5, 5.41) is 0. The van der Waals surface area contributed by atoms with Crippen molar-refractivity contribution in [2.24, 2.45) is 39.9 Å². The van der Waals surface area contributed by atoms with Crippen molar-refractivity contribution in [3.8, 4) is 0 Å². The highest BCUT2D eigenvalue weighted by Gasteiger charge is 2.67. The van der Waals surface area contributed by atoms with Crippen LogP contribution in [0.25, 0.3) is 0 Å². The molecule has 28 heavy (non-hydrogen) atoms. The molecule has 3 heteroatoms. The Bertz CT molecular complexity index is 765. The molecule has 4 atom stereocenters. The standard InChI is InChI=1S/C25H38O3/c1-14(2)11-15-13-25(10-9-16-12-17(25)22(16,3)4)28-20-18(15)19(26)23(5,6)21(27)24(20,7)8/h14-17H,9-13H2,1-8H3/t15-,16-,17+,25+/m0/s1. The number of fused-ring (bicyclic) bond motifs is 1. The molecule has 4 aliphatic carbocycles. The van der Waals surface area contributed by atoms with Crippen molar-refractivity contribution in [1.82, 2.24) is 0 Å². The third-order valence-electron chi connectivity index (χ3n) is 8.84. The Morgan fingerprint density at radius 3 is 2.21 bits per heavy atom. The summed E-state index contributed by atoms with van der Waals surface area (Å²) in [5.74, 6) is 2.78. The Balaban J connectivity index is 1.86. The first-order valence-corrected chi connectivity index (χ1v) is 11.3. The molecule has 0 unspecified atom stereocenters. The van der Waals surface area contributed by atoms with E-state index in [1.54, 1.807) is 13.8 Å². The van der Waals surface area contributed by atoms with Crippen LogP contribution in [-0.4, -0.2) is 17.2 Å². The maximum Gasteiger partial charge on any atom is 0.175 e. The highest BCUT2D eigenvalue weighted by atomic mass is 16.5. The first kappa shape index (κ1) is 20.2. The number of ketones is 2. The third-order valence-corrected chi connectivity index (χ3v) is 8.84. The van der Waals surface area contributed by atoms with Gasteiger partial charge in [-0.25, -0.2) is 0 Å². The number of Topliss-reactive ketones (excluding diaryl/α,β-unsaturated/α-hetero) is 2. The highest BCUT2D eigenvalue weighted by molar-refractivity contribution is 6.19. The van der Waals surface area contributed by atoms with Crippen molar-refractivity contribution in [2.75, 3.05) is 0 Å². The summed E-state index contributed by atoms with van der Waals surface area (Å²) in [6.45, 7) is 16.8. The monoisotopic (exact) mass is 386 g/mol. The van der Waals surface area contributed by atoms with Gasteiger partial charge in [-0.3, -0.25) is 9.59 Å². The number of ether oxygens (including phenoxy) is 1. The average molecular weight is 387 g/mol. The molecular formula is C25H38O3. The molecule has 1 aliphatic heterocycles. The lowest BCUT2D eigenvalue weighted by Gasteiger charge is -2.67. The van der Waals surface area contributed by atoms with Crippen molar-refractivity contribution in [1.29, 1.82) is 0 Å². The van der Waals surface area contributed by atoms with Gasteiger partial charge in [-0.2, -0.15) is 0 Å². The van der Waals surface area contributed by atoms with Gasteiger partial charge in [-0.1, -0.05) is 27.7 Å². The Morgan fingerprint density at radius 1 is 1.04 bits per heavy atom. The minimum Gasteiger partial charge on any atom is -0.490 e. The molecule has 0 radical (unpaired) electrons. The largest absolute Gasteiger partial charge is 0.490 e. The van der Waals surface area contributed by atoms with E-state index in [1.165, 1.54) is 12.8 Å². The zero-order valence-corrected chi connectivity index (χ0v) is 19.1. The summed E-state index contributed by atoms with van der Waals surface area (Å²) in [6.07, 6.45) is 5.44. The van der Waals surface area contributed by atoms with Gasteiger partial charge in [0.15, 0.2) is 11.6 Å². The normalized spacial score (nSPS) is 40.2. The van der Waals surface area contributed by atoms with E-state index in [2.05, 4.69) is 27.7 Å². The SMILES string of the molecule is CC(C)C[C@H]1C[C@@]2(CC[C@H]3C[C@@H]2C3(C)C)OC2=C1C(=O)C(C)(C)C(=O)C2(C)C. The van der Waals surface area contributed by atoms with Crippen LogP contribution in [0.5, 0.6) is 0 Å². The second-order valence-electron chi connectivity index (χ2n) is 12.2. The van der Waals surface area contributed by atoms with Crippen LogP contribution in [0.15, 0.2) is 11.3 Å². The van der Waals surface area contributed by atoms with Crippen molar-refractivity contribution < 1.29 is 14.3 Å². The van der Waals surface area contributed by atoms with Crippen LogP contribution in [0.2, 0.25) is 0 Å². The maximum atomic E-state index is 13.5. The molecule has 0 saturated heterocycles. The molecule has 3 saturated carbocycles. The van der Waals surface area contributed by atoms with Gasteiger partial charge < -0.3 is 4.74 Å². The molecule has 0 N–H and O–H groups in total. The first-order chi connectivity index (χ1) is 12.7. The maximum absolute atomic E-state index is 13.5. The molecule has 2 bridgehead atoms. The smallest absolute Gasteiger partial charge is 0.175 e. The van der Waals surface area contributed by atoms with Crippen LogP contribution in [0, 0.1) is 39.9 Å². The molecule has 5 rings (SSSR count). The van der Waals surface area contributed by atoms with Gasteiger partial charge in [0.1, 0.15) is 11.4 Å². The highest BCUT2D eigenvalue weighted by Crippen LogP contribution is 2.68. The van der Waals surface area contributed by atoms with E-state index in [-0.39, 0.29) is 23.1 Å². The van der Waals surface area contributed by atoms with Gasteiger partial charge >= 0.3 is 0 Å². The summed E-state index contributed by atoms with van der Waals surface area (Å²) in [6, 6.07) is 0. The van der Waals surface area contributed by atoms with Gasteiger partial charge in [-0.05, 0) is 83.0 Å². The molecular weight excluding hydrogens is 348 g/mol. The van der Waals surface area contributed by atoms with E-state index < -0.39 is 10.8 Å². The van der Waals surface area contributed by atoms with Crippen LogP contribution in [0.4, 0.5) is 0 Å². The summed E-state index contributed by atoms with van der Waals surface area (Å²) < 4.78 is 6.90. The van der Waals surface area contributed by atoms with E-state index in [0.29, 0.717) is 17.3 Å². The molecule has 1 spiro atoms. The Morgan fingerprint density at radius 2 is 1.68 bits per heavy atom. The van der Waals surface area contributed by atoms with Crippen molar-refractivity contribution in [2.45, 2.75) is 93.1 Å². The third kappa shape index (κ3) is 2.40. The summed E-state index contributed by atoms with van der Waals surface area (Å²) in [4.78, 5) is 26.8. The van der Waals surface area contributed by atoms with E-state index in [0.717, 1.165) is 36.5 Å². The lowest BCUT2D eigenvalue weighted by molar-refractivity contribution is -0.230. The summed E-state index contributed by atoms with van der Waals surface area (Å²) >= 11 is 0. The molecule has 0 aromatic heterocycles. The molecule has 0 aromatic rings. The quantitative estimate of drug-likeness (QED) is 0.570. The van der Waals surface area contributed by atoms with Crippen molar-refractivity contribution in [3.05, 3.63) is 11.3 Å². The molecule has 0 aromatic carbocycles.